The predicted octanol–water partition coefficient (Wildman–Crippen LogP) is 3.69. The van der Waals surface area contributed by atoms with Gasteiger partial charge in [0.25, 0.3) is 0 Å². The zero-order chi connectivity index (χ0) is 21.6. The summed E-state index contributed by atoms with van der Waals surface area (Å²) in [5.41, 5.74) is -0.369. The molecule has 11 heteroatoms. The number of hydrogen-bond donors (Lipinski definition) is 0. The minimum Gasteiger partial charge on any atom is -0.469 e. The number of ether oxygens (including phenoxy) is 2. The van der Waals surface area contributed by atoms with Crippen molar-refractivity contribution in [3.63, 3.8) is 0 Å². The molecule has 0 saturated carbocycles. The van der Waals surface area contributed by atoms with Crippen LogP contribution in [0.3, 0.4) is 0 Å². The van der Waals surface area contributed by atoms with Gasteiger partial charge in [-0.15, -0.1) is 0 Å². The van der Waals surface area contributed by atoms with Crippen molar-refractivity contribution in [2.75, 3.05) is 14.2 Å². The maximum Gasteiger partial charge on any atom is 0.334 e. The second kappa shape index (κ2) is 9.82. The molecular formula is C18H20F2N4O5. The SMILES string of the molecule is COC(=O)C(C)C/C=C/C(OC)c1cc(-c2c([N+](=O)[O-])cnn2C(F)F)ccn1. The number of nitrogens with zero attached hydrogens (tertiary/aromatic N) is 4. The molecule has 0 saturated heterocycles. The highest BCUT2D eigenvalue weighted by Gasteiger charge is 2.26. The molecule has 0 bridgehead atoms. The van der Waals surface area contributed by atoms with Crippen LogP contribution in [0, 0.1) is 16.0 Å². The number of halogens is 2. The summed E-state index contributed by atoms with van der Waals surface area (Å²) in [6, 6.07) is 2.80. The van der Waals surface area contributed by atoms with E-state index in [1.807, 2.05) is 0 Å². The summed E-state index contributed by atoms with van der Waals surface area (Å²) in [4.78, 5) is 26.1. The van der Waals surface area contributed by atoms with Crippen LogP contribution in [-0.4, -0.2) is 39.9 Å². The van der Waals surface area contributed by atoms with Crippen LogP contribution >= 0.6 is 0 Å². The molecule has 0 radical (unpaired) electrons. The van der Waals surface area contributed by atoms with Gasteiger partial charge in [0.2, 0.25) is 0 Å². The minimum absolute atomic E-state index is 0.151. The predicted molar refractivity (Wildman–Crippen MR) is 98.1 cm³/mol. The van der Waals surface area contributed by atoms with E-state index in [4.69, 9.17) is 4.74 Å². The monoisotopic (exact) mass is 410 g/mol. The number of allylic oxidation sites excluding steroid dienone is 1. The first kappa shape index (κ1) is 22.1. The van der Waals surface area contributed by atoms with Crippen molar-refractivity contribution >= 4 is 11.7 Å². The smallest absolute Gasteiger partial charge is 0.334 e. The van der Waals surface area contributed by atoms with E-state index in [9.17, 15) is 23.7 Å². The molecule has 2 heterocycles. The van der Waals surface area contributed by atoms with E-state index in [1.165, 1.54) is 32.5 Å². The fourth-order valence-electron chi connectivity index (χ4n) is 2.67. The fourth-order valence-corrected chi connectivity index (χ4v) is 2.67. The first-order chi connectivity index (χ1) is 13.8. The van der Waals surface area contributed by atoms with Crippen molar-refractivity contribution in [2.45, 2.75) is 26.0 Å². The highest BCUT2D eigenvalue weighted by Crippen LogP contribution is 2.33. The minimum atomic E-state index is -3.05. The first-order valence-electron chi connectivity index (χ1n) is 8.53. The van der Waals surface area contributed by atoms with Crippen molar-refractivity contribution in [1.82, 2.24) is 14.8 Å². The Kier molecular flexibility index (Phi) is 7.48. The summed E-state index contributed by atoms with van der Waals surface area (Å²) in [6.45, 7) is -1.34. The summed E-state index contributed by atoms with van der Waals surface area (Å²) in [7, 11) is 2.73. The van der Waals surface area contributed by atoms with Gasteiger partial charge in [-0.05, 0) is 18.6 Å². The standard InChI is InChI=1S/C18H20F2N4O5/c1-11(17(25)29-3)5-4-6-15(28-2)13-9-12(7-8-21-13)16-14(24(26)27)10-22-23(16)18(19)20/h4,6-11,15,18H,5H2,1-3H3/b6-4+. The van der Waals surface area contributed by atoms with E-state index < -0.39 is 23.3 Å². The molecule has 2 aromatic rings. The number of rotatable bonds is 9. The summed E-state index contributed by atoms with van der Waals surface area (Å²) in [5.74, 6) is -0.701. The summed E-state index contributed by atoms with van der Waals surface area (Å²) in [6.07, 6.45) is 5.25. The van der Waals surface area contributed by atoms with Crippen molar-refractivity contribution in [3.8, 4) is 11.3 Å². The third kappa shape index (κ3) is 5.19. The molecule has 2 rings (SSSR count). The van der Waals surface area contributed by atoms with Gasteiger partial charge in [-0.1, -0.05) is 19.1 Å². The lowest BCUT2D eigenvalue weighted by molar-refractivity contribution is -0.384. The Morgan fingerprint density at radius 2 is 2.14 bits per heavy atom. The number of esters is 1. The van der Waals surface area contributed by atoms with E-state index in [-0.39, 0.29) is 27.8 Å². The Morgan fingerprint density at radius 1 is 1.41 bits per heavy atom. The van der Waals surface area contributed by atoms with E-state index >= 15 is 0 Å². The van der Waals surface area contributed by atoms with Gasteiger partial charge in [0.1, 0.15) is 12.3 Å². The third-order valence-electron chi connectivity index (χ3n) is 4.16. The van der Waals surface area contributed by atoms with Crippen LogP contribution in [0.1, 0.15) is 31.7 Å². The van der Waals surface area contributed by atoms with Crippen LogP contribution in [0.4, 0.5) is 14.5 Å². The number of alkyl halides is 2. The maximum atomic E-state index is 13.2. The first-order valence-corrected chi connectivity index (χ1v) is 8.53. The number of hydrogen-bond acceptors (Lipinski definition) is 7. The van der Waals surface area contributed by atoms with E-state index in [2.05, 4.69) is 14.8 Å². The molecule has 2 aromatic heterocycles. The number of methoxy groups -OCH3 is 2. The topological polar surface area (TPSA) is 109 Å². The van der Waals surface area contributed by atoms with Gasteiger partial charge in [0, 0.05) is 18.9 Å². The normalized spacial score (nSPS) is 13.6. The van der Waals surface area contributed by atoms with Crippen molar-refractivity contribution in [3.05, 3.63) is 52.5 Å². The summed E-state index contributed by atoms with van der Waals surface area (Å²) in [5, 5.41) is 14.6. The van der Waals surface area contributed by atoms with Crippen LogP contribution in [0.5, 0.6) is 0 Å². The quantitative estimate of drug-likeness (QED) is 0.268. The molecule has 2 atom stereocenters. The lowest BCUT2D eigenvalue weighted by atomic mass is 10.1. The second-order valence-electron chi connectivity index (χ2n) is 6.07. The number of nitro groups is 1. The van der Waals surface area contributed by atoms with Crippen LogP contribution in [-0.2, 0) is 14.3 Å². The molecule has 0 spiro atoms. The van der Waals surface area contributed by atoms with Gasteiger partial charge in [-0.3, -0.25) is 19.9 Å². The highest BCUT2D eigenvalue weighted by molar-refractivity contribution is 5.72. The molecular weight excluding hydrogens is 390 g/mol. The van der Waals surface area contributed by atoms with Gasteiger partial charge in [0.15, 0.2) is 5.69 Å². The Hall–Kier alpha value is -3.21. The Bertz CT molecular complexity index is 900. The van der Waals surface area contributed by atoms with Gasteiger partial charge in [0.05, 0.1) is 23.6 Å². The molecule has 0 N–H and O–H groups in total. The molecule has 0 amide bonds. The zero-order valence-corrected chi connectivity index (χ0v) is 16.0. The van der Waals surface area contributed by atoms with Crippen LogP contribution < -0.4 is 0 Å². The van der Waals surface area contributed by atoms with E-state index in [1.54, 1.807) is 19.1 Å². The molecule has 0 aliphatic carbocycles. The Balaban J connectivity index is 2.34. The van der Waals surface area contributed by atoms with Crippen molar-refractivity contribution in [1.29, 1.82) is 0 Å². The number of aromatic nitrogens is 3. The Labute approximate surface area is 165 Å². The highest BCUT2D eigenvalue weighted by atomic mass is 19.3. The largest absolute Gasteiger partial charge is 0.469 e. The van der Waals surface area contributed by atoms with Crippen LogP contribution in [0.15, 0.2) is 36.7 Å². The average Bonchev–Trinajstić information content (AvgIpc) is 3.16. The van der Waals surface area contributed by atoms with Crippen molar-refractivity contribution < 1.29 is 28.0 Å². The molecule has 2 unspecified atom stereocenters. The summed E-state index contributed by atoms with van der Waals surface area (Å²) >= 11 is 0. The van der Waals surface area contributed by atoms with E-state index in [0.29, 0.717) is 12.1 Å². The zero-order valence-electron chi connectivity index (χ0n) is 16.0. The molecule has 156 valence electrons. The Morgan fingerprint density at radius 3 is 2.72 bits per heavy atom. The lowest BCUT2D eigenvalue weighted by Crippen LogP contribution is -2.11. The van der Waals surface area contributed by atoms with Gasteiger partial charge in [-0.25, -0.2) is 0 Å². The van der Waals surface area contributed by atoms with Crippen LogP contribution in [0.2, 0.25) is 0 Å². The fraction of sp³-hybridized carbons (Fsp3) is 0.389. The van der Waals surface area contributed by atoms with Gasteiger partial charge in [-0.2, -0.15) is 18.6 Å². The van der Waals surface area contributed by atoms with Crippen molar-refractivity contribution in [2.24, 2.45) is 5.92 Å². The lowest BCUT2D eigenvalue weighted by Gasteiger charge is -2.13. The molecule has 9 nitrogen and oxygen atoms in total. The average molecular weight is 410 g/mol. The number of carbonyl (C=O) groups is 1. The number of pyridine rings is 1. The molecule has 0 aliphatic heterocycles. The van der Waals surface area contributed by atoms with Gasteiger partial charge >= 0.3 is 18.2 Å². The van der Waals surface area contributed by atoms with Crippen LogP contribution in [0.25, 0.3) is 11.3 Å². The maximum absolute atomic E-state index is 13.2. The van der Waals surface area contributed by atoms with E-state index in [0.717, 1.165) is 6.20 Å². The summed E-state index contributed by atoms with van der Waals surface area (Å²) < 4.78 is 36.8. The number of carbonyl (C=O) groups excluding carboxylic acids is 1. The molecule has 0 aliphatic rings. The van der Waals surface area contributed by atoms with Gasteiger partial charge < -0.3 is 9.47 Å². The molecule has 29 heavy (non-hydrogen) atoms. The molecule has 0 fully saturated rings. The third-order valence-corrected chi connectivity index (χ3v) is 4.16. The molecule has 0 aromatic carbocycles. The second-order valence-corrected chi connectivity index (χ2v) is 6.07.